The lowest BCUT2D eigenvalue weighted by atomic mass is 10.3. The van der Waals surface area contributed by atoms with Crippen molar-refractivity contribution >= 4 is 14.8 Å². The molecule has 0 aromatic carbocycles. The van der Waals surface area contributed by atoms with Gasteiger partial charge < -0.3 is 18.0 Å². The van der Waals surface area contributed by atoms with Crippen molar-refractivity contribution in [2.24, 2.45) is 0 Å². The molecule has 0 bridgehead atoms. The molecule has 0 aromatic heterocycles. The molecule has 0 aliphatic carbocycles. The minimum absolute atomic E-state index is 0.379. The molecule has 0 rings (SSSR count). The second-order valence-corrected chi connectivity index (χ2v) is 9.39. The fourth-order valence-corrected chi connectivity index (χ4v) is 5.27. The van der Waals surface area contributed by atoms with Gasteiger partial charge in [0.25, 0.3) is 0 Å². The molecular weight excluding hydrogens is 348 g/mol. The van der Waals surface area contributed by atoms with E-state index in [4.69, 9.17) is 18.0 Å². The second kappa shape index (κ2) is 15.4. The van der Waals surface area contributed by atoms with Crippen molar-refractivity contribution in [3.63, 3.8) is 0 Å². The smallest absolute Gasteiger partial charge is 0.454 e. The van der Waals surface area contributed by atoms with Gasteiger partial charge in [-0.05, 0) is 32.6 Å². The minimum atomic E-state index is -3.15. The van der Waals surface area contributed by atoms with Gasteiger partial charge in [0.2, 0.25) is 0 Å². The standard InChI is InChI=1S/C20H40O5Si/c1-7-11-15-22-26(23-16-12-8-2,24-17-13-9-3)19(14-10-4)25-20(21)18(5)6/h19H,5,7-17H2,1-4,6H3. The van der Waals surface area contributed by atoms with Crippen molar-refractivity contribution in [3.05, 3.63) is 12.2 Å². The Balaban J connectivity index is 5.50. The van der Waals surface area contributed by atoms with Gasteiger partial charge in [0.15, 0.2) is 5.73 Å². The summed E-state index contributed by atoms with van der Waals surface area (Å²) in [6.07, 6.45) is 7.38. The monoisotopic (exact) mass is 388 g/mol. The Bertz CT molecular complexity index is 360. The predicted octanol–water partition coefficient (Wildman–Crippen LogP) is 5.20. The van der Waals surface area contributed by atoms with Crippen molar-refractivity contribution in [1.82, 2.24) is 0 Å². The minimum Gasteiger partial charge on any atom is -0.454 e. The van der Waals surface area contributed by atoms with E-state index in [1.165, 1.54) is 0 Å². The Morgan fingerprint density at radius 1 is 0.846 bits per heavy atom. The van der Waals surface area contributed by atoms with Crippen molar-refractivity contribution in [2.45, 2.75) is 91.7 Å². The summed E-state index contributed by atoms with van der Waals surface area (Å²) in [5.74, 6) is -0.405. The normalized spacial score (nSPS) is 12.8. The Hall–Kier alpha value is -0.693. The summed E-state index contributed by atoms with van der Waals surface area (Å²) in [5.41, 5.74) is -0.105. The summed E-state index contributed by atoms with van der Waals surface area (Å²) >= 11 is 0. The van der Waals surface area contributed by atoms with E-state index in [0.717, 1.165) is 44.9 Å². The fourth-order valence-electron chi connectivity index (χ4n) is 2.28. The third-order valence-corrected chi connectivity index (χ3v) is 6.96. The van der Waals surface area contributed by atoms with Crippen molar-refractivity contribution in [2.75, 3.05) is 19.8 Å². The Morgan fingerprint density at radius 3 is 1.58 bits per heavy atom. The van der Waals surface area contributed by atoms with E-state index in [0.29, 0.717) is 31.8 Å². The molecule has 26 heavy (non-hydrogen) atoms. The zero-order valence-corrected chi connectivity index (χ0v) is 18.6. The first-order valence-corrected chi connectivity index (χ1v) is 12.1. The van der Waals surface area contributed by atoms with Crippen molar-refractivity contribution in [3.8, 4) is 0 Å². The summed E-state index contributed by atoms with van der Waals surface area (Å²) in [6, 6.07) is 0. The van der Waals surface area contributed by atoms with Gasteiger partial charge in [0.1, 0.15) is 0 Å². The number of carbonyl (C=O) groups is 1. The van der Waals surface area contributed by atoms with Crippen LogP contribution in [-0.2, 0) is 22.8 Å². The van der Waals surface area contributed by atoms with E-state index in [1.807, 2.05) is 0 Å². The molecule has 0 aliphatic heterocycles. The third kappa shape index (κ3) is 9.85. The van der Waals surface area contributed by atoms with Gasteiger partial charge in [-0.15, -0.1) is 0 Å². The highest BCUT2D eigenvalue weighted by molar-refractivity contribution is 6.62. The molecule has 0 aliphatic rings. The van der Waals surface area contributed by atoms with Crippen LogP contribution in [0.5, 0.6) is 0 Å². The van der Waals surface area contributed by atoms with Crippen LogP contribution in [0.2, 0.25) is 0 Å². The quantitative estimate of drug-likeness (QED) is 0.148. The molecule has 0 spiro atoms. The first-order chi connectivity index (χ1) is 12.5. The molecule has 1 atom stereocenters. The highest BCUT2D eigenvalue weighted by Crippen LogP contribution is 2.24. The topological polar surface area (TPSA) is 54.0 Å². The van der Waals surface area contributed by atoms with Gasteiger partial charge in [0, 0.05) is 25.4 Å². The molecule has 0 N–H and O–H groups in total. The Labute approximate surface area is 161 Å². The van der Waals surface area contributed by atoms with Gasteiger partial charge in [-0.25, -0.2) is 4.79 Å². The molecule has 0 fully saturated rings. The van der Waals surface area contributed by atoms with Crippen LogP contribution in [-0.4, -0.2) is 40.3 Å². The molecule has 5 nitrogen and oxygen atoms in total. The maximum absolute atomic E-state index is 12.2. The van der Waals surface area contributed by atoms with Crippen LogP contribution in [0, 0.1) is 0 Å². The van der Waals surface area contributed by atoms with E-state index in [2.05, 4.69) is 34.3 Å². The van der Waals surface area contributed by atoms with Gasteiger partial charge >= 0.3 is 14.8 Å². The van der Waals surface area contributed by atoms with Crippen molar-refractivity contribution in [1.29, 1.82) is 0 Å². The van der Waals surface area contributed by atoms with Crippen LogP contribution in [0.1, 0.15) is 86.0 Å². The van der Waals surface area contributed by atoms with Crippen LogP contribution in [0.15, 0.2) is 12.2 Å². The summed E-state index contributed by atoms with van der Waals surface area (Å²) in [5, 5.41) is 0. The van der Waals surface area contributed by atoms with Crippen LogP contribution in [0.3, 0.4) is 0 Å². The molecule has 1 unspecified atom stereocenters. The van der Waals surface area contributed by atoms with E-state index in [9.17, 15) is 4.79 Å². The van der Waals surface area contributed by atoms with Crippen LogP contribution in [0.4, 0.5) is 0 Å². The van der Waals surface area contributed by atoms with Crippen molar-refractivity contribution < 1.29 is 22.8 Å². The average Bonchev–Trinajstić information content (AvgIpc) is 2.61. The molecule has 0 aromatic rings. The molecule has 0 heterocycles. The predicted molar refractivity (Wildman–Crippen MR) is 108 cm³/mol. The molecule has 0 saturated carbocycles. The molecule has 154 valence electrons. The Morgan fingerprint density at radius 2 is 1.27 bits per heavy atom. The van der Waals surface area contributed by atoms with E-state index < -0.39 is 20.5 Å². The summed E-state index contributed by atoms with van der Waals surface area (Å²) < 4.78 is 24.5. The number of hydrogen-bond donors (Lipinski definition) is 0. The molecule has 0 radical (unpaired) electrons. The SMILES string of the molecule is C=C(C)C(=O)OC(CCC)[Si](OCCCC)(OCCCC)OCCCC. The molecule has 0 saturated heterocycles. The number of esters is 1. The van der Waals surface area contributed by atoms with Gasteiger partial charge in [0.05, 0.1) is 0 Å². The lowest BCUT2D eigenvalue weighted by Gasteiger charge is -2.35. The molecule has 0 amide bonds. The summed E-state index contributed by atoms with van der Waals surface area (Å²) in [6.45, 7) is 15.4. The largest absolute Gasteiger partial charge is 0.544 e. The van der Waals surface area contributed by atoms with E-state index >= 15 is 0 Å². The third-order valence-electron chi connectivity index (χ3n) is 3.95. The number of hydrogen-bond acceptors (Lipinski definition) is 5. The number of unbranched alkanes of at least 4 members (excludes halogenated alkanes) is 3. The van der Waals surface area contributed by atoms with Gasteiger partial charge in [-0.3, -0.25) is 0 Å². The van der Waals surface area contributed by atoms with Gasteiger partial charge in [-0.1, -0.05) is 60.0 Å². The zero-order chi connectivity index (χ0) is 19.8. The number of rotatable bonds is 17. The lowest BCUT2D eigenvalue weighted by Crippen LogP contribution is -2.58. The lowest BCUT2D eigenvalue weighted by molar-refractivity contribution is -0.145. The highest BCUT2D eigenvalue weighted by Gasteiger charge is 2.52. The van der Waals surface area contributed by atoms with Crippen LogP contribution in [0.25, 0.3) is 0 Å². The summed E-state index contributed by atoms with van der Waals surface area (Å²) in [4.78, 5) is 12.2. The number of ether oxygens (including phenoxy) is 1. The van der Waals surface area contributed by atoms with Crippen LogP contribution < -0.4 is 0 Å². The zero-order valence-electron chi connectivity index (χ0n) is 17.6. The molecular formula is C20H40O5Si. The number of carbonyl (C=O) groups excluding carboxylic acids is 1. The first kappa shape index (κ1) is 25.3. The summed E-state index contributed by atoms with van der Waals surface area (Å²) in [7, 11) is -3.15. The average molecular weight is 389 g/mol. The maximum Gasteiger partial charge on any atom is 0.544 e. The Kier molecular flexibility index (Phi) is 15.0. The fraction of sp³-hybridized carbons (Fsp3) is 0.850. The second-order valence-electron chi connectivity index (χ2n) is 6.67. The molecule has 6 heteroatoms. The first-order valence-electron chi connectivity index (χ1n) is 10.3. The van der Waals surface area contributed by atoms with Crippen LogP contribution >= 0.6 is 0 Å². The van der Waals surface area contributed by atoms with E-state index in [-0.39, 0.29) is 0 Å². The van der Waals surface area contributed by atoms with E-state index in [1.54, 1.807) is 6.92 Å². The maximum atomic E-state index is 12.2. The van der Waals surface area contributed by atoms with Gasteiger partial charge in [-0.2, -0.15) is 0 Å². The highest BCUT2D eigenvalue weighted by atomic mass is 28.4.